The standard InChI is InChI=1S/2C27H25N3O3.Fe.Na/c2*1-27(2,3)18-13-14-23(31)22(16-18)29-30-24-20-12-8-7-9-17(20)15-21(25(24)32)26(33)28-19-10-5-4-6-11-19;;/h2*4-16,31-32H,1-3H3,(H,28,33);;/q;;+3;+1/p-4. The molecule has 0 spiro atoms. The molecule has 12 nitrogen and oxygen atoms in total. The Labute approximate surface area is 427 Å². The van der Waals surface area contributed by atoms with Gasteiger partial charge in [0.15, 0.2) is 0 Å². The predicted molar refractivity (Wildman–Crippen MR) is 253 cm³/mol. The molecular formula is C54H46FeN6NaO6. The predicted octanol–water partition coefficient (Wildman–Crippen LogP) is 8.91. The van der Waals surface area contributed by atoms with Gasteiger partial charge in [-0.3, -0.25) is 9.59 Å². The van der Waals surface area contributed by atoms with Gasteiger partial charge < -0.3 is 31.1 Å². The summed E-state index contributed by atoms with van der Waals surface area (Å²) in [5.74, 6) is -2.75. The van der Waals surface area contributed by atoms with Crippen molar-refractivity contribution in [1.82, 2.24) is 0 Å². The number of hydrogen-bond donors (Lipinski definition) is 2. The third-order valence-electron chi connectivity index (χ3n) is 10.7. The maximum atomic E-state index is 13.3. The molecule has 0 fully saturated rings. The zero-order valence-electron chi connectivity index (χ0n) is 38.6. The van der Waals surface area contributed by atoms with Crippen molar-refractivity contribution in [3.8, 4) is 23.0 Å². The molecule has 0 aliphatic rings. The van der Waals surface area contributed by atoms with Crippen molar-refractivity contribution in [3.63, 3.8) is 0 Å². The molecule has 0 unspecified atom stereocenters. The van der Waals surface area contributed by atoms with Crippen molar-refractivity contribution in [2.24, 2.45) is 20.5 Å². The molecule has 8 aromatic rings. The van der Waals surface area contributed by atoms with Crippen LogP contribution >= 0.6 is 0 Å². The maximum absolute atomic E-state index is 13.3. The summed E-state index contributed by atoms with van der Waals surface area (Å²) in [5.41, 5.74) is 2.90. The van der Waals surface area contributed by atoms with Crippen LogP contribution < -0.4 is 60.6 Å². The van der Waals surface area contributed by atoms with Crippen LogP contribution in [0.25, 0.3) is 21.5 Å². The van der Waals surface area contributed by atoms with Gasteiger partial charge in [-0.15, -0.1) is 0 Å². The average molecular weight is 954 g/mol. The second kappa shape index (κ2) is 22.3. The van der Waals surface area contributed by atoms with Crippen LogP contribution in [0.2, 0.25) is 0 Å². The fraction of sp³-hybridized carbons (Fsp3) is 0.148. The zero-order valence-corrected chi connectivity index (χ0v) is 41.7. The fourth-order valence-corrected chi connectivity index (χ4v) is 6.93. The second-order valence-electron chi connectivity index (χ2n) is 17.6. The number of hydrogen-bond acceptors (Lipinski definition) is 10. The first-order valence-electron chi connectivity index (χ1n) is 21.1. The molecule has 0 bridgehead atoms. The van der Waals surface area contributed by atoms with Gasteiger partial charge in [-0.2, -0.15) is 20.5 Å². The number of amides is 2. The number of benzene rings is 8. The van der Waals surface area contributed by atoms with E-state index in [1.54, 1.807) is 121 Å². The number of anilines is 2. The minimum absolute atomic E-state index is 0. The summed E-state index contributed by atoms with van der Waals surface area (Å²) in [6.07, 6.45) is 0. The first-order valence-corrected chi connectivity index (χ1v) is 21.1. The van der Waals surface area contributed by atoms with Crippen molar-refractivity contribution in [1.29, 1.82) is 0 Å². The Kier molecular flexibility index (Phi) is 17.1. The molecule has 68 heavy (non-hydrogen) atoms. The molecule has 0 aliphatic heterocycles. The summed E-state index contributed by atoms with van der Waals surface area (Å²) in [4.78, 5) is 25.8. The van der Waals surface area contributed by atoms with Gasteiger partial charge in [-0.1, -0.05) is 174 Å². The van der Waals surface area contributed by atoms with Gasteiger partial charge >= 0.3 is 46.6 Å². The summed E-state index contributed by atoms with van der Waals surface area (Å²) >= 11 is 0. The van der Waals surface area contributed by atoms with Crippen LogP contribution in [0.4, 0.5) is 34.1 Å². The van der Waals surface area contributed by atoms with E-state index in [1.165, 1.54) is 12.1 Å². The maximum Gasteiger partial charge on any atom is 3.00 e. The largest absolute Gasteiger partial charge is 3.00 e. The molecule has 0 aromatic heterocycles. The summed E-state index contributed by atoms with van der Waals surface area (Å²) in [7, 11) is 0. The monoisotopic (exact) mass is 953 g/mol. The summed E-state index contributed by atoms with van der Waals surface area (Å²) < 4.78 is 0. The van der Waals surface area contributed by atoms with Gasteiger partial charge in [0, 0.05) is 33.3 Å². The third-order valence-corrected chi connectivity index (χ3v) is 10.7. The Morgan fingerprint density at radius 2 is 0.779 bits per heavy atom. The van der Waals surface area contributed by atoms with Gasteiger partial charge in [-0.05, 0) is 81.3 Å². The van der Waals surface area contributed by atoms with E-state index in [0.717, 1.165) is 11.1 Å². The average Bonchev–Trinajstić information content (AvgIpc) is 3.29. The van der Waals surface area contributed by atoms with Crippen LogP contribution in [0.1, 0.15) is 73.4 Å². The first-order chi connectivity index (χ1) is 31.5. The summed E-state index contributed by atoms with van der Waals surface area (Å²) in [5, 5.41) is 75.7. The normalized spacial score (nSPS) is 11.4. The van der Waals surface area contributed by atoms with E-state index in [4.69, 9.17) is 0 Å². The SMILES string of the molecule is CC(C)(C)c1ccc([O-])c(N=Nc2c([O-])c(C(=O)Nc3ccccc3)cc3ccccc23)c1.CC(C)(C)c1ccc([O-])c(N=Nc2c([O-])c(C(=O)Nc3ccccc3)cc3ccccc23)c1.[Fe+3].[Na+]. The molecule has 8 rings (SSSR count). The van der Waals surface area contributed by atoms with Crippen molar-refractivity contribution in [2.45, 2.75) is 52.4 Å². The number of carbonyl (C=O) groups excluding carboxylic acids is 2. The number of fused-ring (bicyclic) bond motifs is 2. The van der Waals surface area contributed by atoms with Crippen LogP contribution in [0.3, 0.4) is 0 Å². The van der Waals surface area contributed by atoms with Gasteiger partial charge in [-0.25, -0.2) is 0 Å². The minimum atomic E-state index is -0.551. The zero-order chi connectivity index (χ0) is 47.2. The van der Waals surface area contributed by atoms with Crippen molar-refractivity contribution >= 4 is 67.5 Å². The van der Waals surface area contributed by atoms with Crippen LogP contribution in [0.5, 0.6) is 23.0 Å². The Hall–Kier alpha value is -6.86. The van der Waals surface area contributed by atoms with Crippen LogP contribution in [0.15, 0.2) is 178 Å². The summed E-state index contributed by atoms with van der Waals surface area (Å²) in [6, 6.07) is 45.0. The van der Waals surface area contributed by atoms with Crippen molar-refractivity contribution < 1.29 is 76.6 Å². The van der Waals surface area contributed by atoms with E-state index in [9.17, 15) is 30.0 Å². The fourth-order valence-electron chi connectivity index (χ4n) is 6.93. The Morgan fingerprint density at radius 3 is 1.13 bits per heavy atom. The Morgan fingerprint density at radius 1 is 0.441 bits per heavy atom. The molecule has 8 aromatic carbocycles. The smallest absolute Gasteiger partial charge is 0.871 e. The van der Waals surface area contributed by atoms with E-state index >= 15 is 0 Å². The molecule has 0 saturated carbocycles. The van der Waals surface area contributed by atoms with Gasteiger partial charge in [0.05, 0.1) is 22.7 Å². The minimum Gasteiger partial charge on any atom is -0.871 e. The molecule has 14 heteroatoms. The van der Waals surface area contributed by atoms with Crippen LogP contribution in [0, 0.1) is 0 Å². The molecular weight excluding hydrogens is 907 g/mol. The number of carbonyl (C=O) groups is 2. The second-order valence-corrected chi connectivity index (χ2v) is 17.6. The molecule has 0 heterocycles. The van der Waals surface area contributed by atoms with Crippen molar-refractivity contribution in [2.75, 3.05) is 10.6 Å². The van der Waals surface area contributed by atoms with Gasteiger partial charge in [0.2, 0.25) is 0 Å². The molecule has 2 N–H and O–H groups in total. The number of rotatable bonds is 8. The van der Waals surface area contributed by atoms with E-state index in [2.05, 4.69) is 31.1 Å². The Bertz CT molecular complexity index is 2940. The first kappa shape index (κ1) is 52.1. The number of para-hydroxylation sites is 2. The molecule has 0 atom stereocenters. The molecule has 2 amide bonds. The molecule has 0 saturated heterocycles. The van der Waals surface area contributed by atoms with E-state index in [1.807, 2.05) is 65.8 Å². The van der Waals surface area contributed by atoms with Gasteiger partial charge in [0.25, 0.3) is 11.8 Å². The topological polar surface area (TPSA) is 200 Å². The Balaban J connectivity index is 0.000000247. The number of nitrogens with zero attached hydrogens (tertiary/aromatic N) is 4. The van der Waals surface area contributed by atoms with E-state index in [-0.39, 0.29) is 103 Å². The van der Waals surface area contributed by atoms with E-state index in [0.29, 0.717) is 32.9 Å². The molecule has 0 aliphatic carbocycles. The quantitative estimate of drug-likeness (QED) is 0.113. The molecule has 1 radical (unpaired) electrons. The molecule has 337 valence electrons. The number of nitrogens with one attached hydrogen (secondary N) is 2. The number of azo groups is 2. The van der Waals surface area contributed by atoms with Crippen molar-refractivity contribution in [3.05, 3.63) is 180 Å². The van der Waals surface area contributed by atoms with Crippen LogP contribution in [-0.2, 0) is 27.9 Å². The van der Waals surface area contributed by atoms with Crippen LogP contribution in [-0.4, -0.2) is 11.8 Å². The van der Waals surface area contributed by atoms with Gasteiger partial charge in [0.1, 0.15) is 0 Å². The van der Waals surface area contributed by atoms with E-state index < -0.39 is 23.3 Å². The summed E-state index contributed by atoms with van der Waals surface area (Å²) in [6.45, 7) is 12.2. The third kappa shape index (κ3) is 12.4.